The standard InChI is InChI=1S/C11H16ClNO2S/c12-8-4-9(16-5-8)10(14)11(6-13)2-1-3-15-7-11/h4-5,10,14H,1-3,6-7,13H2. The van der Waals surface area contributed by atoms with E-state index in [0.717, 1.165) is 24.3 Å². The molecule has 2 heterocycles. The van der Waals surface area contributed by atoms with Gasteiger partial charge in [-0.1, -0.05) is 11.6 Å². The average molecular weight is 262 g/mol. The maximum Gasteiger partial charge on any atom is 0.0972 e. The largest absolute Gasteiger partial charge is 0.387 e. The van der Waals surface area contributed by atoms with Crippen LogP contribution in [0.25, 0.3) is 0 Å². The van der Waals surface area contributed by atoms with Crippen molar-refractivity contribution < 1.29 is 9.84 Å². The highest BCUT2D eigenvalue weighted by Crippen LogP contribution is 2.42. The molecule has 0 saturated carbocycles. The van der Waals surface area contributed by atoms with Crippen LogP contribution in [-0.2, 0) is 4.74 Å². The van der Waals surface area contributed by atoms with E-state index in [1.165, 1.54) is 11.3 Å². The summed E-state index contributed by atoms with van der Waals surface area (Å²) in [7, 11) is 0. The number of ether oxygens (including phenoxy) is 1. The lowest BCUT2D eigenvalue weighted by Crippen LogP contribution is -2.43. The Morgan fingerprint density at radius 1 is 1.69 bits per heavy atom. The zero-order chi connectivity index (χ0) is 11.6. The van der Waals surface area contributed by atoms with Gasteiger partial charge in [-0.15, -0.1) is 11.3 Å². The van der Waals surface area contributed by atoms with Crippen molar-refractivity contribution in [2.45, 2.75) is 18.9 Å². The van der Waals surface area contributed by atoms with Gasteiger partial charge in [-0.25, -0.2) is 0 Å². The Morgan fingerprint density at radius 3 is 3.00 bits per heavy atom. The van der Waals surface area contributed by atoms with Crippen molar-refractivity contribution in [3.63, 3.8) is 0 Å². The summed E-state index contributed by atoms with van der Waals surface area (Å²) in [5.74, 6) is 0. The van der Waals surface area contributed by atoms with Crippen molar-refractivity contribution in [1.82, 2.24) is 0 Å². The summed E-state index contributed by atoms with van der Waals surface area (Å²) in [5, 5.41) is 12.9. The fourth-order valence-electron chi connectivity index (χ4n) is 2.14. The van der Waals surface area contributed by atoms with Gasteiger partial charge in [0.05, 0.1) is 17.7 Å². The molecule has 1 aliphatic heterocycles. The van der Waals surface area contributed by atoms with Gasteiger partial charge in [0.2, 0.25) is 0 Å². The lowest BCUT2D eigenvalue weighted by molar-refractivity contribution is -0.0768. The molecule has 2 unspecified atom stereocenters. The number of thiophene rings is 1. The molecule has 0 spiro atoms. The van der Waals surface area contributed by atoms with Crippen molar-refractivity contribution in [2.24, 2.45) is 11.1 Å². The zero-order valence-corrected chi connectivity index (χ0v) is 10.6. The molecule has 3 N–H and O–H groups in total. The number of hydrogen-bond donors (Lipinski definition) is 2. The molecule has 1 saturated heterocycles. The van der Waals surface area contributed by atoms with E-state index in [4.69, 9.17) is 22.1 Å². The van der Waals surface area contributed by atoms with Crippen LogP contribution in [0, 0.1) is 5.41 Å². The highest BCUT2D eigenvalue weighted by Gasteiger charge is 2.40. The van der Waals surface area contributed by atoms with E-state index in [9.17, 15) is 5.11 Å². The second-order valence-corrected chi connectivity index (χ2v) is 5.67. The van der Waals surface area contributed by atoms with Crippen LogP contribution in [0.3, 0.4) is 0 Å². The lowest BCUT2D eigenvalue weighted by atomic mass is 9.77. The van der Waals surface area contributed by atoms with Crippen LogP contribution >= 0.6 is 22.9 Å². The average Bonchev–Trinajstić information content (AvgIpc) is 2.76. The first-order valence-corrected chi connectivity index (χ1v) is 6.63. The summed E-state index contributed by atoms with van der Waals surface area (Å²) in [6.45, 7) is 1.73. The first-order valence-electron chi connectivity index (χ1n) is 5.38. The Labute approximate surface area is 104 Å². The topological polar surface area (TPSA) is 55.5 Å². The molecule has 2 atom stereocenters. The molecule has 0 amide bonds. The molecule has 1 fully saturated rings. The quantitative estimate of drug-likeness (QED) is 0.877. The lowest BCUT2D eigenvalue weighted by Gasteiger charge is -2.39. The van der Waals surface area contributed by atoms with Crippen molar-refractivity contribution in [3.05, 3.63) is 21.3 Å². The molecule has 2 rings (SSSR count). The highest BCUT2D eigenvalue weighted by molar-refractivity contribution is 7.10. The third-order valence-electron chi connectivity index (χ3n) is 3.20. The van der Waals surface area contributed by atoms with Gasteiger partial charge in [0.1, 0.15) is 0 Å². The molecule has 1 aliphatic rings. The highest BCUT2D eigenvalue weighted by atomic mass is 35.5. The second kappa shape index (κ2) is 5.02. The maximum atomic E-state index is 10.4. The van der Waals surface area contributed by atoms with Gasteiger partial charge in [-0.3, -0.25) is 0 Å². The molecule has 0 bridgehead atoms. The van der Waals surface area contributed by atoms with Crippen LogP contribution in [0.15, 0.2) is 11.4 Å². The minimum atomic E-state index is -0.574. The van der Waals surface area contributed by atoms with E-state index in [1.54, 1.807) is 0 Å². The van der Waals surface area contributed by atoms with Gasteiger partial charge >= 0.3 is 0 Å². The molecule has 1 aromatic rings. The fourth-order valence-corrected chi connectivity index (χ4v) is 3.34. The van der Waals surface area contributed by atoms with Gasteiger partial charge in [0.15, 0.2) is 0 Å². The number of aliphatic hydroxyl groups is 1. The molecule has 3 nitrogen and oxygen atoms in total. The van der Waals surface area contributed by atoms with Crippen molar-refractivity contribution in [1.29, 1.82) is 0 Å². The Bertz CT molecular complexity index is 350. The minimum absolute atomic E-state index is 0.341. The van der Waals surface area contributed by atoms with Gasteiger partial charge in [0.25, 0.3) is 0 Å². The monoisotopic (exact) mass is 261 g/mol. The summed E-state index contributed by atoms with van der Waals surface area (Å²) in [6.07, 6.45) is 1.28. The van der Waals surface area contributed by atoms with Gasteiger partial charge in [-0.2, -0.15) is 0 Å². The Hall–Kier alpha value is -0.130. The first-order chi connectivity index (χ1) is 7.68. The summed E-state index contributed by atoms with van der Waals surface area (Å²) in [6, 6.07) is 1.81. The summed E-state index contributed by atoms with van der Waals surface area (Å²) in [5.41, 5.74) is 5.47. The van der Waals surface area contributed by atoms with Crippen molar-refractivity contribution in [3.8, 4) is 0 Å². The molecule has 0 radical (unpaired) electrons. The fraction of sp³-hybridized carbons (Fsp3) is 0.636. The molecule has 0 aromatic carbocycles. The number of halogens is 1. The molecular weight excluding hydrogens is 246 g/mol. The predicted octanol–water partition coefficient (Wildman–Crippen LogP) is 2.19. The molecule has 16 heavy (non-hydrogen) atoms. The number of nitrogens with two attached hydrogens (primary N) is 1. The minimum Gasteiger partial charge on any atom is -0.387 e. The number of rotatable bonds is 3. The van der Waals surface area contributed by atoms with E-state index >= 15 is 0 Å². The third kappa shape index (κ3) is 2.26. The number of hydrogen-bond acceptors (Lipinski definition) is 4. The Kier molecular flexibility index (Phi) is 3.87. The maximum absolute atomic E-state index is 10.4. The van der Waals surface area contributed by atoms with E-state index in [1.807, 2.05) is 11.4 Å². The first kappa shape index (κ1) is 12.3. The third-order valence-corrected chi connectivity index (χ3v) is 4.53. The van der Waals surface area contributed by atoms with Gasteiger partial charge in [-0.05, 0) is 18.9 Å². The van der Waals surface area contributed by atoms with E-state index in [2.05, 4.69) is 0 Å². The van der Waals surface area contributed by atoms with Crippen molar-refractivity contribution >= 4 is 22.9 Å². The van der Waals surface area contributed by atoms with Crippen LogP contribution in [0.4, 0.5) is 0 Å². The second-order valence-electron chi connectivity index (χ2n) is 4.29. The van der Waals surface area contributed by atoms with Crippen LogP contribution in [0.2, 0.25) is 5.02 Å². The normalized spacial score (nSPS) is 27.9. The molecule has 5 heteroatoms. The van der Waals surface area contributed by atoms with E-state index in [0.29, 0.717) is 18.2 Å². The van der Waals surface area contributed by atoms with Crippen LogP contribution in [0.5, 0.6) is 0 Å². The Morgan fingerprint density at radius 2 is 2.50 bits per heavy atom. The van der Waals surface area contributed by atoms with E-state index in [-0.39, 0.29) is 5.41 Å². The van der Waals surface area contributed by atoms with Gasteiger partial charge in [0, 0.05) is 28.8 Å². The van der Waals surface area contributed by atoms with Crippen LogP contribution in [-0.4, -0.2) is 24.9 Å². The zero-order valence-electron chi connectivity index (χ0n) is 8.99. The van der Waals surface area contributed by atoms with Gasteiger partial charge < -0.3 is 15.6 Å². The Balaban J connectivity index is 2.20. The van der Waals surface area contributed by atoms with Crippen LogP contribution in [0.1, 0.15) is 23.8 Å². The summed E-state index contributed by atoms with van der Waals surface area (Å²) >= 11 is 7.34. The molecule has 1 aromatic heterocycles. The number of aliphatic hydroxyl groups excluding tert-OH is 1. The summed E-state index contributed by atoms with van der Waals surface area (Å²) in [4.78, 5) is 0.876. The van der Waals surface area contributed by atoms with E-state index < -0.39 is 6.10 Å². The molecule has 0 aliphatic carbocycles. The summed E-state index contributed by atoms with van der Waals surface area (Å²) < 4.78 is 5.46. The van der Waals surface area contributed by atoms with Crippen LogP contribution < -0.4 is 5.73 Å². The SMILES string of the molecule is NCC1(C(O)c2cc(Cl)cs2)CCCOC1. The predicted molar refractivity (Wildman–Crippen MR) is 65.8 cm³/mol. The molecular formula is C11H16ClNO2S. The molecule has 90 valence electrons. The smallest absolute Gasteiger partial charge is 0.0972 e. The van der Waals surface area contributed by atoms with Crippen molar-refractivity contribution in [2.75, 3.05) is 19.8 Å².